The molecule has 0 aromatic heterocycles. The summed E-state index contributed by atoms with van der Waals surface area (Å²) in [4.78, 5) is 0. The van der Waals surface area contributed by atoms with Crippen molar-refractivity contribution in [3.05, 3.63) is 23.3 Å². The van der Waals surface area contributed by atoms with Crippen molar-refractivity contribution in [2.24, 2.45) is 28.6 Å². The zero-order valence-electron chi connectivity index (χ0n) is 22.9. The Morgan fingerprint density at radius 3 is 2.36 bits per heavy atom. The van der Waals surface area contributed by atoms with E-state index in [9.17, 15) is 0 Å². The second-order valence-electron chi connectivity index (χ2n) is 14.5. The Hall–Kier alpha value is -0.423. The van der Waals surface area contributed by atoms with Crippen molar-refractivity contribution in [1.82, 2.24) is 0 Å². The van der Waals surface area contributed by atoms with E-state index in [1.807, 2.05) is 0 Å². The average molecular weight is 473 g/mol. The predicted octanol–water partition coefficient (Wildman–Crippen LogP) is 7.64. The lowest BCUT2D eigenvalue weighted by Crippen LogP contribution is -2.58. The highest BCUT2D eigenvalue weighted by Crippen LogP contribution is 2.66. The standard InChI is InChI=1S/C29H48O3Si/c1-18-13-15-28(7)20-14-16-29(8)19(11-12-22(29)32-33(9,10)26(2,3)4)23(20)25-24(21(28)17-18)30-27(5,6)31-25/h14,17,19,21-25H,11-13,15-16H2,1-10H3/t19?,21?,22-,23?,24+,25+,28+,29-/m0/s1. The smallest absolute Gasteiger partial charge is 0.192 e. The van der Waals surface area contributed by atoms with Crippen molar-refractivity contribution in [3.63, 3.8) is 0 Å². The summed E-state index contributed by atoms with van der Waals surface area (Å²) in [6.07, 6.45) is 11.9. The third-order valence-electron chi connectivity index (χ3n) is 10.9. The van der Waals surface area contributed by atoms with Gasteiger partial charge in [0.1, 0.15) is 0 Å². The van der Waals surface area contributed by atoms with E-state index in [4.69, 9.17) is 13.9 Å². The van der Waals surface area contributed by atoms with Crippen molar-refractivity contribution in [2.75, 3.05) is 0 Å². The maximum absolute atomic E-state index is 7.14. The van der Waals surface area contributed by atoms with Crippen LogP contribution in [0.2, 0.25) is 18.1 Å². The highest BCUT2D eigenvalue weighted by atomic mass is 28.4. The molecule has 3 fully saturated rings. The van der Waals surface area contributed by atoms with Gasteiger partial charge in [-0.05, 0) is 87.8 Å². The minimum atomic E-state index is -1.82. The van der Waals surface area contributed by atoms with Crippen LogP contribution in [0.4, 0.5) is 0 Å². The largest absolute Gasteiger partial charge is 0.413 e. The lowest BCUT2D eigenvalue weighted by Gasteiger charge is -2.58. The van der Waals surface area contributed by atoms with E-state index >= 15 is 0 Å². The summed E-state index contributed by atoms with van der Waals surface area (Å²) in [7, 11) is -1.82. The fourth-order valence-corrected chi connectivity index (χ4v) is 9.35. The first kappa shape index (κ1) is 24.3. The first-order valence-corrected chi connectivity index (χ1v) is 16.4. The normalized spacial score (nSPS) is 46.6. The summed E-state index contributed by atoms with van der Waals surface area (Å²) in [5, 5.41) is 0.243. The van der Waals surface area contributed by atoms with Crippen LogP contribution < -0.4 is 0 Å². The Bertz CT molecular complexity index is 880. The average Bonchev–Trinajstić information content (AvgIpc) is 3.18. The van der Waals surface area contributed by atoms with E-state index in [2.05, 4.69) is 80.6 Å². The summed E-state index contributed by atoms with van der Waals surface area (Å²) in [6, 6.07) is 0. The maximum Gasteiger partial charge on any atom is 0.192 e. The molecule has 0 N–H and O–H groups in total. The molecule has 1 saturated heterocycles. The lowest BCUT2D eigenvalue weighted by atomic mass is 9.48. The van der Waals surface area contributed by atoms with Gasteiger partial charge in [0, 0.05) is 11.8 Å². The first-order valence-electron chi connectivity index (χ1n) is 13.5. The molecule has 4 heteroatoms. The molecular formula is C29H48O3Si. The quantitative estimate of drug-likeness (QED) is 0.305. The highest BCUT2D eigenvalue weighted by molar-refractivity contribution is 6.74. The van der Waals surface area contributed by atoms with Gasteiger partial charge in [-0.2, -0.15) is 0 Å². The van der Waals surface area contributed by atoms with Gasteiger partial charge in [-0.1, -0.05) is 57.9 Å². The van der Waals surface area contributed by atoms with Crippen molar-refractivity contribution in [3.8, 4) is 0 Å². The topological polar surface area (TPSA) is 27.7 Å². The molecule has 33 heavy (non-hydrogen) atoms. The van der Waals surface area contributed by atoms with Crippen molar-refractivity contribution in [1.29, 1.82) is 0 Å². The van der Waals surface area contributed by atoms with Crippen molar-refractivity contribution < 1.29 is 13.9 Å². The van der Waals surface area contributed by atoms with Crippen LogP contribution in [0.5, 0.6) is 0 Å². The summed E-state index contributed by atoms with van der Waals surface area (Å²) >= 11 is 0. The van der Waals surface area contributed by atoms with Crippen LogP contribution in [0, 0.1) is 28.6 Å². The molecular weight excluding hydrogens is 424 g/mol. The third kappa shape index (κ3) is 3.52. The van der Waals surface area contributed by atoms with Gasteiger partial charge in [0.2, 0.25) is 0 Å². The molecule has 4 aliphatic carbocycles. The summed E-state index contributed by atoms with van der Waals surface area (Å²) < 4.78 is 20.6. The second kappa shape index (κ2) is 7.30. The SMILES string of the molecule is CC1=CC2[C@H]3OC(C)(C)O[C@@H]3C3C(=CC[C@@]4(C)C3CC[C@@H]4O[Si](C)(C)C(C)(C)C)[C@@]2(C)CC1. The molecule has 0 radical (unpaired) electrons. The van der Waals surface area contributed by atoms with E-state index in [0.29, 0.717) is 23.9 Å². The van der Waals surface area contributed by atoms with Gasteiger partial charge in [-0.25, -0.2) is 0 Å². The summed E-state index contributed by atoms with van der Waals surface area (Å²) in [6.45, 7) is 23.5. The molecule has 0 aromatic rings. The number of hydrogen-bond donors (Lipinski definition) is 0. The zero-order chi connectivity index (χ0) is 24.2. The molecule has 0 spiro atoms. The van der Waals surface area contributed by atoms with Gasteiger partial charge in [0.15, 0.2) is 14.1 Å². The van der Waals surface area contributed by atoms with E-state index in [1.54, 1.807) is 5.57 Å². The Morgan fingerprint density at radius 1 is 1.03 bits per heavy atom. The van der Waals surface area contributed by atoms with Crippen molar-refractivity contribution in [2.45, 2.75) is 130 Å². The monoisotopic (exact) mass is 472 g/mol. The highest BCUT2D eigenvalue weighted by Gasteiger charge is 2.66. The van der Waals surface area contributed by atoms with Crippen LogP contribution in [0.1, 0.15) is 87.5 Å². The van der Waals surface area contributed by atoms with Crippen LogP contribution in [-0.2, 0) is 13.9 Å². The molecule has 5 aliphatic rings. The van der Waals surface area contributed by atoms with Crippen LogP contribution >= 0.6 is 0 Å². The van der Waals surface area contributed by atoms with Gasteiger partial charge in [0.05, 0.1) is 18.3 Å². The van der Waals surface area contributed by atoms with Gasteiger partial charge in [-0.3, -0.25) is 0 Å². The van der Waals surface area contributed by atoms with Crippen molar-refractivity contribution >= 4 is 8.32 Å². The first-order chi connectivity index (χ1) is 15.1. The minimum absolute atomic E-state index is 0.155. The molecule has 0 bridgehead atoms. The molecule has 186 valence electrons. The molecule has 3 unspecified atom stereocenters. The molecule has 2 saturated carbocycles. The van der Waals surface area contributed by atoms with Gasteiger partial charge in [0.25, 0.3) is 0 Å². The molecule has 5 rings (SSSR count). The molecule has 8 atom stereocenters. The fourth-order valence-electron chi connectivity index (χ4n) is 7.89. The molecule has 0 aromatic carbocycles. The Balaban J connectivity index is 1.55. The van der Waals surface area contributed by atoms with Crippen LogP contribution in [0.3, 0.4) is 0 Å². The summed E-state index contributed by atoms with van der Waals surface area (Å²) in [5.74, 6) is 0.984. The van der Waals surface area contributed by atoms with Gasteiger partial charge in [-0.15, -0.1) is 0 Å². The molecule has 0 amide bonds. The maximum atomic E-state index is 7.14. The molecule has 1 heterocycles. The number of ether oxygens (including phenoxy) is 2. The number of allylic oxidation sites excluding steroid dienone is 2. The molecule has 1 aliphatic heterocycles. The second-order valence-corrected chi connectivity index (χ2v) is 19.2. The Labute approximate surface area is 203 Å². The van der Waals surface area contributed by atoms with E-state index in [0.717, 1.165) is 6.42 Å². The predicted molar refractivity (Wildman–Crippen MR) is 138 cm³/mol. The third-order valence-corrected chi connectivity index (χ3v) is 15.4. The van der Waals surface area contributed by atoms with E-state index in [-0.39, 0.29) is 28.1 Å². The zero-order valence-corrected chi connectivity index (χ0v) is 23.9. The molecule has 3 nitrogen and oxygen atoms in total. The number of rotatable bonds is 2. The van der Waals surface area contributed by atoms with Gasteiger partial charge < -0.3 is 13.9 Å². The van der Waals surface area contributed by atoms with Crippen LogP contribution in [0.15, 0.2) is 23.3 Å². The van der Waals surface area contributed by atoms with E-state index < -0.39 is 14.1 Å². The van der Waals surface area contributed by atoms with Gasteiger partial charge >= 0.3 is 0 Å². The van der Waals surface area contributed by atoms with E-state index in [1.165, 1.54) is 31.3 Å². The van der Waals surface area contributed by atoms with Crippen LogP contribution in [0.25, 0.3) is 0 Å². The summed E-state index contributed by atoms with van der Waals surface area (Å²) in [5.41, 5.74) is 3.59. The van der Waals surface area contributed by atoms with Crippen LogP contribution in [-0.4, -0.2) is 32.4 Å². The number of fused-ring (bicyclic) bond motifs is 8. The Kier molecular flexibility index (Phi) is 5.37. The Morgan fingerprint density at radius 2 is 1.70 bits per heavy atom. The lowest BCUT2D eigenvalue weighted by molar-refractivity contribution is -0.153. The minimum Gasteiger partial charge on any atom is -0.413 e. The number of hydrogen-bond acceptors (Lipinski definition) is 3. The fraction of sp³-hybridized carbons (Fsp3) is 0.862.